The van der Waals surface area contributed by atoms with Gasteiger partial charge in [0.2, 0.25) is 17.6 Å². The van der Waals surface area contributed by atoms with Gasteiger partial charge in [-0.15, -0.1) is 0 Å². The zero-order valence-electron chi connectivity index (χ0n) is 24.7. The third-order valence-electron chi connectivity index (χ3n) is 9.97. The molecule has 6 rings (SSSR count). The highest BCUT2D eigenvalue weighted by atomic mass is 16.5. The van der Waals surface area contributed by atoms with E-state index in [2.05, 4.69) is 20.9 Å². The van der Waals surface area contributed by atoms with Gasteiger partial charge in [0.1, 0.15) is 17.5 Å². The van der Waals surface area contributed by atoms with Crippen LogP contribution in [0.15, 0.2) is 24.3 Å². The molecular weight excluding hydrogens is 550 g/mol. The summed E-state index contributed by atoms with van der Waals surface area (Å²) in [4.78, 5) is 71.8. The fourth-order valence-electron chi connectivity index (χ4n) is 7.73. The average molecular weight is 592 g/mol. The quantitative estimate of drug-likeness (QED) is 0.329. The van der Waals surface area contributed by atoms with E-state index in [1.54, 1.807) is 18.1 Å². The van der Waals surface area contributed by atoms with Gasteiger partial charge in [0.25, 0.3) is 11.8 Å². The minimum Gasteiger partial charge on any atom is -0.496 e. The van der Waals surface area contributed by atoms with Crippen LogP contribution in [0.5, 0.6) is 5.75 Å². The molecule has 2 saturated heterocycles. The van der Waals surface area contributed by atoms with Gasteiger partial charge in [0, 0.05) is 36.0 Å². The van der Waals surface area contributed by atoms with Crippen LogP contribution in [-0.4, -0.2) is 77.6 Å². The maximum atomic E-state index is 14.1. The summed E-state index contributed by atoms with van der Waals surface area (Å²) in [5.41, 5.74) is 1.12. The van der Waals surface area contributed by atoms with Crippen LogP contribution in [0.25, 0.3) is 10.9 Å². The highest BCUT2D eigenvalue weighted by Crippen LogP contribution is 2.43. The Balaban J connectivity index is 1.23. The van der Waals surface area contributed by atoms with Gasteiger partial charge in [0.15, 0.2) is 0 Å². The summed E-state index contributed by atoms with van der Waals surface area (Å²) in [5, 5.41) is 9.29. The molecule has 2 aliphatic heterocycles. The van der Waals surface area contributed by atoms with Crippen LogP contribution < -0.4 is 20.7 Å². The molecule has 11 heteroatoms. The molecule has 4 aliphatic rings. The Morgan fingerprint density at radius 3 is 2.60 bits per heavy atom. The minimum atomic E-state index is -1.15. The van der Waals surface area contributed by atoms with Crippen molar-refractivity contribution in [3.05, 3.63) is 30.0 Å². The van der Waals surface area contributed by atoms with Crippen LogP contribution in [0.4, 0.5) is 0 Å². The number of benzene rings is 1. The maximum absolute atomic E-state index is 14.1. The number of aromatic nitrogens is 1. The van der Waals surface area contributed by atoms with Gasteiger partial charge < -0.3 is 30.6 Å². The summed E-state index contributed by atoms with van der Waals surface area (Å²) in [6, 6.07) is 5.29. The molecule has 3 heterocycles. The topological polar surface area (TPSA) is 150 Å². The number of likely N-dealkylation sites (tertiary alicyclic amines) is 1. The van der Waals surface area contributed by atoms with Crippen LogP contribution in [-0.2, 0) is 19.2 Å². The van der Waals surface area contributed by atoms with Crippen LogP contribution in [0.3, 0.4) is 0 Å². The third-order valence-corrected chi connectivity index (χ3v) is 9.97. The number of hydrogen-bond donors (Lipinski definition) is 4. The molecule has 1 aromatic heterocycles. The number of fused-ring (bicyclic) bond motifs is 2. The molecule has 43 heavy (non-hydrogen) atoms. The number of H-pyrrole nitrogens is 1. The standard InChI is InChI=1S/C32H41N5O6/c1-43-26-12-6-11-23-22(26)16-25(35-23)32(42)37-17-19-7-5-10-21(19)27(37)30(40)36-24(15-18-13-14-33-29(18)39)28(38)31(41)34-20-8-3-2-4-9-20/h6,11-12,16,18-21,24,27,35H,2-5,7-10,13-15,17H2,1H3,(H,33,39)(H,34,41)(H,36,40)/t18-,19-,21-,24-,27-/m0/s1. The molecule has 4 N–H and O–H groups in total. The predicted octanol–water partition coefficient (Wildman–Crippen LogP) is 2.45. The lowest BCUT2D eigenvalue weighted by atomic mass is 9.91. The Morgan fingerprint density at radius 1 is 1.05 bits per heavy atom. The van der Waals surface area contributed by atoms with Crippen molar-refractivity contribution < 1.29 is 28.7 Å². The van der Waals surface area contributed by atoms with Crippen LogP contribution >= 0.6 is 0 Å². The van der Waals surface area contributed by atoms with Gasteiger partial charge in [-0.3, -0.25) is 24.0 Å². The fourth-order valence-corrected chi connectivity index (χ4v) is 7.73. The summed E-state index contributed by atoms with van der Waals surface area (Å²) in [6.07, 6.45) is 8.03. The number of Topliss-reactive ketones (excluding diaryl/α,β-unsaturated/α-hetero) is 1. The number of aromatic amines is 1. The lowest BCUT2D eigenvalue weighted by molar-refractivity contribution is -0.141. The number of hydrogen-bond acceptors (Lipinski definition) is 6. The Kier molecular flexibility index (Phi) is 8.41. The van der Waals surface area contributed by atoms with Crippen molar-refractivity contribution in [2.45, 2.75) is 82.3 Å². The van der Waals surface area contributed by atoms with Crippen molar-refractivity contribution in [3.8, 4) is 5.75 Å². The number of ketones is 1. The number of carbonyl (C=O) groups excluding carboxylic acids is 5. The summed E-state index contributed by atoms with van der Waals surface area (Å²) in [5.74, 6) is -2.06. The van der Waals surface area contributed by atoms with Gasteiger partial charge in [0.05, 0.1) is 13.2 Å². The van der Waals surface area contributed by atoms with Crippen LogP contribution in [0, 0.1) is 17.8 Å². The molecule has 5 atom stereocenters. The second-order valence-corrected chi connectivity index (χ2v) is 12.6. The van der Waals surface area contributed by atoms with E-state index >= 15 is 0 Å². The second kappa shape index (κ2) is 12.4. The summed E-state index contributed by atoms with van der Waals surface area (Å²) >= 11 is 0. The molecule has 2 saturated carbocycles. The molecule has 1 aromatic carbocycles. The normalized spacial score (nSPS) is 26.2. The van der Waals surface area contributed by atoms with Crippen molar-refractivity contribution in [2.75, 3.05) is 20.2 Å². The molecule has 0 spiro atoms. The zero-order chi connectivity index (χ0) is 30.1. The zero-order valence-corrected chi connectivity index (χ0v) is 24.7. The Bertz CT molecular complexity index is 1410. The molecule has 230 valence electrons. The monoisotopic (exact) mass is 591 g/mol. The smallest absolute Gasteiger partial charge is 0.289 e. The molecule has 4 amide bonds. The Labute approximate surface area is 250 Å². The minimum absolute atomic E-state index is 0.0375. The first kappa shape index (κ1) is 29.2. The maximum Gasteiger partial charge on any atom is 0.289 e. The van der Waals surface area contributed by atoms with E-state index in [0.717, 1.165) is 62.3 Å². The average Bonchev–Trinajstić information content (AvgIpc) is 3.80. The van der Waals surface area contributed by atoms with Gasteiger partial charge in [-0.25, -0.2) is 0 Å². The van der Waals surface area contributed by atoms with E-state index in [-0.39, 0.29) is 36.1 Å². The van der Waals surface area contributed by atoms with E-state index < -0.39 is 35.6 Å². The van der Waals surface area contributed by atoms with Crippen molar-refractivity contribution >= 4 is 40.3 Å². The van der Waals surface area contributed by atoms with E-state index in [1.165, 1.54) is 0 Å². The van der Waals surface area contributed by atoms with Crippen LogP contribution in [0.2, 0.25) is 0 Å². The number of rotatable bonds is 9. The van der Waals surface area contributed by atoms with Crippen molar-refractivity contribution in [3.63, 3.8) is 0 Å². The number of methoxy groups -OCH3 is 1. The molecule has 2 aliphatic carbocycles. The first-order valence-corrected chi connectivity index (χ1v) is 15.7. The fraction of sp³-hybridized carbons (Fsp3) is 0.594. The largest absolute Gasteiger partial charge is 0.496 e. The molecule has 0 radical (unpaired) electrons. The summed E-state index contributed by atoms with van der Waals surface area (Å²) < 4.78 is 5.46. The first-order chi connectivity index (χ1) is 20.8. The molecule has 0 unspecified atom stereocenters. The second-order valence-electron chi connectivity index (χ2n) is 12.6. The van der Waals surface area contributed by atoms with Gasteiger partial charge in [-0.05, 0) is 68.6 Å². The summed E-state index contributed by atoms with van der Waals surface area (Å²) in [7, 11) is 1.58. The van der Waals surface area contributed by atoms with Crippen molar-refractivity contribution in [1.82, 2.24) is 25.8 Å². The molecule has 11 nitrogen and oxygen atoms in total. The lowest BCUT2D eigenvalue weighted by Gasteiger charge is -2.29. The van der Waals surface area contributed by atoms with Crippen molar-refractivity contribution in [1.29, 1.82) is 0 Å². The van der Waals surface area contributed by atoms with Crippen molar-refractivity contribution in [2.24, 2.45) is 17.8 Å². The number of nitrogens with one attached hydrogen (secondary N) is 4. The van der Waals surface area contributed by atoms with Gasteiger partial charge in [-0.2, -0.15) is 0 Å². The Hall–Kier alpha value is -3.89. The molecular formula is C32H41N5O6. The van der Waals surface area contributed by atoms with Gasteiger partial charge in [-0.1, -0.05) is 31.7 Å². The third kappa shape index (κ3) is 5.86. The van der Waals surface area contributed by atoms with Gasteiger partial charge >= 0.3 is 0 Å². The number of nitrogens with zero attached hydrogens (tertiary/aromatic N) is 1. The first-order valence-electron chi connectivity index (χ1n) is 15.7. The van der Waals surface area contributed by atoms with E-state index in [1.807, 2.05) is 18.2 Å². The summed E-state index contributed by atoms with van der Waals surface area (Å²) in [6.45, 7) is 0.941. The van der Waals surface area contributed by atoms with E-state index in [9.17, 15) is 24.0 Å². The van der Waals surface area contributed by atoms with E-state index in [4.69, 9.17) is 4.74 Å². The highest BCUT2D eigenvalue weighted by molar-refractivity contribution is 6.38. The molecule has 2 aromatic rings. The lowest BCUT2D eigenvalue weighted by Crippen LogP contribution is -2.56. The SMILES string of the molecule is COc1cccc2[nH]c(C(=O)N3C[C@@H]4CCC[C@@H]4[C@H]3C(=O)N[C@@H](C[C@@H]3CCNC3=O)C(=O)C(=O)NC3CCCCC3)cc12. The highest BCUT2D eigenvalue weighted by Gasteiger charge is 2.50. The van der Waals surface area contributed by atoms with Crippen LogP contribution in [0.1, 0.15) is 74.7 Å². The number of amides is 4. The Morgan fingerprint density at radius 2 is 1.86 bits per heavy atom. The molecule has 4 fully saturated rings. The number of carbonyl (C=O) groups is 5. The van der Waals surface area contributed by atoms with E-state index in [0.29, 0.717) is 31.0 Å². The number of ether oxygens (including phenoxy) is 1. The predicted molar refractivity (Wildman–Crippen MR) is 158 cm³/mol. The molecule has 0 bridgehead atoms.